The molecule has 0 unspecified atom stereocenters. The summed E-state index contributed by atoms with van der Waals surface area (Å²) in [6, 6.07) is 4.96. The lowest BCUT2D eigenvalue weighted by Gasteiger charge is -2.09. The number of methoxy groups -OCH3 is 1. The molecule has 5 nitrogen and oxygen atoms in total. The topological polar surface area (TPSA) is 73.6 Å². The predicted octanol–water partition coefficient (Wildman–Crippen LogP) is 1.68. The van der Waals surface area contributed by atoms with Gasteiger partial charge in [0, 0.05) is 18.7 Å². The van der Waals surface area contributed by atoms with E-state index in [1.54, 1.807) is 18.2 Å². The molecule has 0 bridgehead atoms. The Kier molecular flexibility index (Phi) is 6.15. The van der Waals surface area contributed by atoms with Crippen molar-refractivity contribution in [2.45, 2.75) is 13.8 Å². The highest BCUT2D eigenvalue weighted by molar-refractivity contribution is 5.95. The standard InChI is InChI=1S/C14H22N2O3/c1-10(2)9-19-7-6-16-14(17)11-4-5-13(18-3)12(15)8-11/h4-5,8,10H,6-7,9,15H2,1-3H3,(H,16,17). The molecule has 0 heterocycles. The van der Waals surface area contributed by atoms with Gasteiger partial charge in [0.15, 0.2) is 0 Å². The van der Waals surface area contributed by atoms with Crippen molar-refractivity contribution in [3.63, 3.8) is 0 Å². The molecule has 19 heavy (non-hydrogen) atoms. The summed E-state index contributed by atoms with van der Waals surface area (Å²) in [5.74, 6) is 0.899. The molecule has 1 aromatic carbocycles. The number of hydrogen-bond donors (Lipinski definition) is 2. The van der Waals surface area contributed by atoms with Crippen molar-refractivity contribution in [3.8, 4) is 5.75 Å². The third-order valence-corrected chi connectivity index (χ3v) is 2.48. The van der Waals surface area contributed by atoms with Crippen molar-refractivity contribution in [1.82, 2.24) is 5.32 Å². The first kappa shape index (κ1) is 15.3. The number of amides is 1. The monoisotopic (exact) mass is 266 g/mol. The Morgan fingerprint density at radius 1 is 1.42 bits per heavy atom. The third-order valence-electron chi connectivity index (χ3n) is 2.48. The summed E-state index contributed by atoms with van der Waals surface area (Å²) in [4.78, 5) is 11.8. The van der Waals surface area contributed by atoms with E-state index in [0.29, 0.717) is 42.7 Å². The number of nitrogen functional groups attached to an aromatic ring is 1. The van der Waals surface area contributed by atoms with Gasteiger partial charge < -0.3 is 20.5 Å². The third kappa shape index (κ3) is 5.18. The van der Waals surface area contributed by atoms with Crippen LogP contribution in [0.4, 0.5) is 5.69 Å². The van der Waals surface area contributed by atoms with Gasteiger partial charge in [-0.15, -0.1) is 0 Å². The Hall–Kier alpha value is -1.75. The summed E-state index contributed by atoms with van der Waals surface area (Å²) in [7, 11) is 1.54. The van der Waals surface area contributed by atoms with E-state index in [-0.39, 0.29) is 5.91 Å². The minimum atomic E-state index is -0.164. The van der Waals surface area contributed by atoms with E-state index in [0.717, 1.165) is 0 Å². The minimum Gasteiger partial charge on any atom is -0.495 e. The normalized spacial score (nSPS) is 10.5. The van der Waals surface area contributed by atoms with Gasteiger partial charge in [0.1, 0.15) is 5.75 Å². The summed E-state index contributed by atoms with van der Waals surface area (Å²) in [5.41, 5.74) is 6.72. The smallest absolute Gasteiger partial charge is 0.251 e. The van der Waals surface area contributed by atoms with Crippen LogP contribution in [0, 0.1) is 5.92 Å². The van der Waals surface area contributed by atoms with E-state index in [2.05, 4.69) is 19.2 Å². The van der Waals surface area contributed by atoms with Crippen molar-refractivity contribution in [2.24, 2.45) is 5.92 Å². The van der Waals surface area contributed by atoms with Crippen LogP contribution in [0.3, 0.4) is 0 Å². The summed E-state index contributed by atoms with van der Waals surface area (Å²) in [5, 5.41) is 2.78. The van der Waals surface area contributed by atoms with Gasteiger partial charge in [0.25, 0.3) is 5.91 Å². The van der Waals surface area contributed by atoms with Gasteiger partial charge >= 0.3 is 0 Å². The lowest BCUT2D eigenvalue weighted by Crippen LogP contribution is -2.27. The van der Waals surface area contributed by atoms with E-state index < -0.39 is 0 Å². The fraction of sp³-hybridized carbons (Fsp3) is 0.500. The number of carbonyl (C=O) groups excluding carboxylic acids is 1. The van der Waals surface area contributed by atoms with Crippen molar-refractivity contribution < 1.29 is 14.3 Å². The molecule has 0 atom stereocenters. The molecule has 0 aliphatic rings. The fourth-order valence-corrected chi connectivity index (χ4v) is 1.53. The molecule has 0 radical (unpaired) electrons. The molecular formula is C14H22N2O3. The van der Waals surface area contributed by atoms with Crippen molar-refractivity contribution >= 4 is 11.6 Å². The van der Waals surface area contributed by atoms with Gasteiger partial charge in [-0.3, -0.25) is 4.79 Å². The second-order valence-corrected chi connectivity index (χ2v) is 4.68. The summed E-state index contributed by atoms with van der Waals surface area (Å²) >= 11 is 0. The molecule has 1 rings (SSSR count). The van der Waals surface area contributed by atoms with Crippen LogP contribution >= 0.6 is 0 Å². The Morgan fingerprint density at radius 3 is 2.74 bits per heavy atom. The van der Waals surface area contributed by atoms with Crippen LogP contribution in [-0.4, -0.2) is 32.8 Å². The number of hydrogen-bond acceptors (Lipinski definition) is 4. The summed E-state index contributed by atoms with van der Waals surface area (Å²) in [6.07, 6.45) is 0. The van der Waals surface area contributed by atoms with Crippen molar-refractivity contribution in [2.75, 3.05) is 32.6 Å². The molecule has 1 amide bonds. The molecule has 0 fully saturated rings. The second-order valence-electron chi connectivity index (χ2n) is 4.68. The van der Waals surface area contributed by atoms with Crippen LogP contribution in [0.5, 0.6) is 5.75 Å². The average Bonchev–Trinajstić information content (AvgIpc) is 2.37. The Bertz CT molecular complexity index is 419. The molecule has 106 valence electrons. The first-order valence-corrected chi connectivity index (χ1v) is 6.34. The fourth-order valence-electron chi connectivity index (χ4n) is 1.53. The van der Waals surface area contributed by atoms with E-state index in [1.807, 2.05) is 0 Å². The second kappa shape index (κ2) is 7.63. The number of rotatable bonds is 7. The molecule has 0 saturated carbocycles. The zero-order chi connectivity index (χ0) is 14.3. The largest absolute Gasteiger partial charge is 0.495 e. The van der Waals surface area contributed by atoms with Crippen LogP contribution < -0.4 is 15.8 Å². The number of nitrogens with one attached hydrogen (secondary N) is 1. The van der Waals surface area contributed by atoms with E-state index >= 15 is 0 Å². The zero-order valence-corrected chi connectivity index (χ0v) is 11.7. The Balaban J connectivity index is 2.39. The summed E-state index contributed by atoms with van der Waals surface area (Å²) < 4.78 is 10.4. The number of nitrogens with two attached hydrogens (primary N) is 1. The first-order valence-electron chi connectivity index (χ1n) is 6.34. The van der Waals surface area contributed by atoms with Gasteiger partial charge in [-0.05, 0) is 24.1 Å². The van der Waals surface area contributed by atoms with Crippen LogP contribution in [0.2, 0.25) is 0 Å². The zero-order valence-electron chi connectivity index (χ0n) is 11.7. The Morgan fingerprint density at radius 2 is 2.16 bits per heavy atom. The van der Waals surface area contributed by atoms with Gasteiger partial charge in [-0.2, -0.15) is 0 Å². The van der Waals surface area contributed by atoms with Gasteiger partial charge in [0.2, 0.25) is 0 Å². The van der Waals surface area contributed by atoms with E-state index in [9.17, 15) is 4.79 Å². The van der Waals surface area contributed by atoms with E-state index in [1.165, 1.54) is 7.11 Å². The first-order chi connectivity index (χ1) is 9.04. The highest BCUT2D eigenvalue weighted by atomic mass is 16.5. The highest BCUT2D eigenvalue weighted by Crippen LogP contribution is 2.21. The number of carbonyl (C=O) groups is 1. The van der Waals surface area contributed by atoms with Crippen LogP contribution in [0.15, 0.2) is 18.2 Å². The van der Waals surface area contributed by atoms with E-state index in [4.69, 9.17) is 15.2 Å². The molecular weight excluding hydrogens is 244 g/mol. The SMILES string of the molecule is COc1ccc(C(=O)NCCOCC(C)C)cc1N. The highest BCUT2D eigenvalue weighted by Gasteiger charge is 2.07. The maximum atomic E-state index is 11.8. The molecule has 3 N–H and O–H groups in total. The van der Waals surface area contributed by atoms with Crippen LogP contribution in [0.1, 0.15) is 24.2 Å². The Labute approximate surface area is 114 Å². The van der Waals surface area contributed by atoms with Gasteiger partial charge in [-0.25, -0.2) is 0 Å². The quantitative estimate of drug-likeness (QED) is 0.581. The molecule has 0 saturated heterocycles. The molecule has 0 aliphatic heterocycles. The van der Waals surface area contributed by atoms with Crippen LogP contribution in [-0.2, 0) is 4.74 Å². The lowest BCUT2D eigenvalue weighted by molar-refractivity contribution is 0.0886. The van der Waals surface area contributed by atoms with Gasteiger partial charge in [-0.1, -0.05) is 13.8 Å². The molecule has 1 aromatic rings. The van der Waals surface area contributed by atoms with Gasteiger partial charge in [0.05, 0.1) is 19.4 Å². The predicted molar refractivity (Wildman–Crippen MR) is 75.4 cm³/mol. The maximum absolute atomic E-state index is 11.8. The number of benzene rings is 1. The van der Waals surface area contributed by atoms with Crippen molar-refractivity contribution in [1.29, 1.82) is 0 Å². The summed E-state index contributed by atoms with van der Waals surface area (Å²) in [6.45, 7) is 5.86. The molecule has 0 aliphatic carbocycles. The number of ether oxygens (including phenoxy) is 2. The molecule has 0 spiro atoms. The average molecular weight is 266 g/mol. The van der Waals surface area contributed by atoms with Crippen LogP contribution in [0.25, 0.3) is 0 Å². The minimum absolute atomic E-state index is 0.164. The van der Waals surface area contributed by atoms with Crippen molar-refractivity contribution in [3.05, 3.63) is 23.8 Å². The molecule has 0 aromatic heterocycles. The number of anilines is 1. The lowest BCUT2D eigenvalue weighted by atomic mass is 10.2. The maximum Gasteiger partial charge on any atom is 0.251 e. The molecule has 5 heteroatoms.